The minimum atomic E-state index is -0.264. The third-order valence-corrected chi connectivity index (χ3v) is 4.52. The largest absolute Gasteiger partial charge is 0.358 e. The molecule has 0 fully saturated rings. The van der Waals surface area contributed by atoms with Gasteiger partial charge in [-0.3, -0.25) is 14.6 Å². The van der Waals surface area contributed by atoms with Gasteiger partial charge in [-0.25, -0.2) is 4.98 Å². The molecule has 9 heteroatoms. The Bertz CT molecular complexity index is 1470. The lowest BCUT2D eigenvalue weighted by atomic mass is 10.1. The van der Waals surface area contributed by atoms with Crippen molar-refractivity contribution >= 4 is 10.9 Å². The number of aromatic nitrogens is 6. The molecule has 2 N–H and O–H groups in total. The molecule has 0 saturated carbocycles. The van der Waals surface area contributed by atoms with Crippen LogP contribution >= 0.6 is 0 Å². The van der Waals surface area contributed by atoms with E-state index in [1.54, 1.807) is 18.3 Å². The van der Waals surface area contributed by atoms with Crippen LogP contribution in [0.5, 0.6) is 0 Å². The van der Waals surface area contributed by atoms with Crippen molar-refractivity contribution in [1.82, 2.24) is 30.1 Å². The quantitative estimate of drug-likeness (QED) is 0.475. The molecule has 9 nitrogen and oxygen atoms in total. The lowest BCUT2D eigenvalue weighted by Crippen LogP contribution is -2.12. The van der Waals surface area contributed by atoms with E-state index in [0.29, 0.717) is 22.4 Å². The second kappa shape index (κ2) is 7.21. The highest BCUT2D eigenvalue weighted by molar-refractivity contribution is 5.83. The Balaban J connectivity index is 1.46. The van der Waals surface area contributed by atoms with Crippen LogP contribution in [0, 0.1) is 0 Å². The van der Waals surface area contributed by atoms with Gasteiger partial charge in [0.05, 0.1) is 28.7 Å². The van der Waals surface area contributed by atoms with Crippen molar-refractivity contribution in [3.63, 3.8) is 0 Å². The number of nitrogens with one attached hydrogen (secondary N) is 2. The first-order chi connectivity index (χ1) is 14.7. The van der Waals surface area contributed by atoms with Crippen molar-refractivity contribution in [3.05, 3.63) is 93.2 Å². The Morgan fingerprint density at radius 2 is 1.93 bits per heavy atom. The van der Waals surface area contributed by atoms with Gasteiger partial charge in [0.15, 0.2) is 5.43 Å². The fraction of sp³-hybridized carbons (Fsp3) is 0.0476. The SMILES string of the molecule is O=c1cc[nH]c(-c2noc(Cc3nc4ccc(-c5ccccn5)cc4c(=O)[nH]3)n2)c1. The summed E-state index contributed by atoms with van der Waals surface area (Å²) >= 11 is 0. The van der Waals surface area contributed by atoms with Crippen molar-refractivity contribution in [1.29, 1.82) is 0 Å². The number of pyridine rings is 2. The Labute approximate surface area is 168 Å². The van der Waals surface area contributed by atoms with Gasteiger partial charge in [0, 0.05) is 30.1 Å². The highest BCUT2D eigenvalue weighted by atomic mass is 16.5. The van der Waals surface area contributed by atoms with Crippen LogP contribution in [0.4, 0.5) is 0 Å². The maximum Gasteiger partial charge on any atom is 0.258 e. The van der Waals surface area contributed by atoms with Crippen LogP contribution in [0.15, 0.2) is 75.0 Å². The summed E-state index contributed by atoms with van der Waals surface area (Å²) in [4.78, 5) is 42.8. The highest BCUT2D eigenvalue weighted by Crippen LogP contribution is 2.20. The predicted octanol–water partition coefficient (Wildman–Crippen LogP) is 2.31. The Hall–Kier alpha value is -4.40. The molecule has 0 spiro atoms. The number of fused-ring (bicyclic) bond motifs is 1. The second-order valence-electron chi connectivity index (χ2n) is 6.59. The Morgan fingerprint density at radius 1 is 1.00 bits per heavy atom. The summed E-state index contributed by atoms with van der Waals surface area (Å²) in [6.45, 7) is 0. The number of rotatable bonds is 4. The van der Waals surface area contributed by atoms with Crippen molar-refractivity contribution < 1.29 is 4.52 Å². The van der Waals surface area contributed by atoms with E-state index in [1.165, 1.54) is 18.3 Å². The first-order valence-electron chi connectivity index (χ1n) is 9.12. The molecular formula is C21H14N6O3. The van der Waals surface area contributed by atoms with Gasteiger partial charge >= 0.3 is 0 Å². The van der Waals surface area contributed by atoms with Gasteiger partial charge in [-0.05, 0) is 24.3 Å². The van der Waals surface area contributed by atoms with Crippen LogP contribution < -0.4 is 11.0 Å². The minimum absolute atomic E-state index is 0.150. The molecule has 0 radical (unpaired) electrons. The van der Waals surface area contributed by atoms with Crippen LogP contribution in [0.1, 0.15) is 11.7 Å². The molecule has 0 atom stereocenters. The summed E-state index contributed by atoms with van der Waals surface area (Å²) in [5.41, 5.74) is 2.18. The van der Waals surface area contributed by atoms with Gasteiger partial charge in [0.1, 0.15) is 5.82 Å². The van der Waals surface area contributed by atoms with E-state index in [9.17, 15) is 9.59 Å². The molecule has 5 rings (SSSR count). The molecule has 0 bridgehead atoms. The molecule has 0 aliphatic carbocycles. The van der Waals surface area contributed by atoms with Crippen LogP contribution in [0.2, 0.25) is 0 Å². The van der Waals surface area contributed by atoms with Gasteiger partial charge in [-0.15, -0.1) is 0 Å². The maximum absolute atomic E-state index is 12.6. The predicted molar refractivity (Wildman–Crippen MR) is 109 cm³/mol. The van der Waals surface area contributed by atoms with E-state index in [1.807, 2.05) is 24.3 Å². The summed E-state index contributed by atoms with van der Waals surface area (Å²) in [5, 5.41) is 4.34. The fourth-order valence-corrected chi connectivity index (χ4v) is 3.12. The summed E-state index contributed by atoms with van der Waals surface area (Å²) < 4.78 is 5.24. The van der Waals surface area contributed by atoms with E-state index >= 15 is 0 Å². The third kappa shape index (κ3) is 3.39. The van der Waals surface area contributed by atoms with Crippen LogP contribution in [-0.2, 0) is 6.42 Å². The molecule has 146 valence electrons. The van der Waals surface area contributed by atoms with E-state index in [2.05, 4.69) is 30.1 Å². The second-order valence-corrected chi connectivity index (χ2v) is 6.59. The first-order valence-corrected chi connectivity index (χ1v) is 9.12. The summed E-state index contributed by atoms with van der Waals surface area (Å²) in [6, 6.07) is 13.8. The van der Waals surface area contributed by atoms with Crippen LogP contribution in [-0.4, -0.2) is 30.1 Å². The maximum atomic E-state index is 12.6. The van der Waals surface area contributed by atoms with Crippen molar-refractivity contribution in [2.75, 3.05) is 0 Å². The van der Waals surface area contributed by atoms with Gasteiger partial charge in [-0.1, -0.05) is 17.3 Å². The molecule has 0 amide bonds. The normalized spacial score (nSPS) is 11.1. The standard InChI is InChI=1S/C21H14N6O3/c28-13-6-8-23-17(10-13)20-26-19(30-27-20)11-18-24-16-5-4-12(9-14(16)21(29)25-18)15-3-1-2-7-22-15/h1-10H,11H2,(H,23,28)(H,24,25,29). The van der Waals surface area contributed by atoms with Gasteiger partial charge in [-0.2, -0.15) is 4.98 Å². The van der Waals surface area contributed by atoms with E-state index in [-0.39, 0.29) is 29.1 Å². The van der Waals surface area contributed by atoms with Gasteiger partial charge in [0.25, 0.3) is 5.56 Å². The molecule has 5 aromatic rings. The number of nitrogens with zero attached hydrogens (tertiary/aromatic N) is 4. The minimum Gasteiger partial charge on any atom is -0.358 e. The first kappa shape index (κ1) is 17.7. The van der Waals surface area contributed by atoms with Gasteiger partial charge < -0.3 is 14.5 Å². The van der Waals surface area contributed by atoms with E-state index < -0.39 is 0 Å². The van der Waals surface area contributed by atoms with Crippen molar-refractivity contribution in [3.8, 4) is 22.8 Å². The van der Waals surface area contributed by atoms with Gasteiger partial charge in [0.2, 0.25) is 11.7 Å². The smallest absolute Gasteiger partial charge is 0.258 e. The molecule has 30 heavy (non-hydrogen) atoms. The highest BCUT2D eigenvalue weighted by Gasteiger charge is 2.13. The summed E-state index contributed by atoms with van der Waals surface area (Å²) in [6.07, 6.45) is 3.36. The molecule has 0 saturated heterocycles. The Morgan fingerprint density at radius 3 is 2.77 bits per heavy atom. The van der Waals surface area contributed by atoms with Crippen molar-refractivity contribution in [2.24, 2.45) is 0 Å². The number of hydrogen-bond donors (Lipinski definition) is 2. The molecular weight excluding hydrogens is 384 g/mol. The Kier molecular flexibility index (Phi) is 4.25. The summed E-state index contributed by atoms with van der Waals surface area (Å²) in [5.74, 6) is 0.919. The zero-order valence-corrected chi connectivity index (χ0v) is 15.5. The molecule has 0 aliphatic heterocycles. The number of aromatic amines is 2. The average Bonchev–Trinajstić information content (AvgIpc) is 3.23. The molecule has 0 aliphatic rings. The fourth-order valence-electron chi connectivity index (χ4n) is 3.12. The zero-order chi connectivity index (χ0) is 20.5. The lowest BCUT2D eigenvalue weighted by molar-refractivity contribution is 0.384. The molecule has 0 unspecified atom stereocenters. The number of benzene rings is 1. The van der Waals surface area contributed by atoms with Crippen LogP contribution in [0.3, 0.4) is 0 Å². The number of H-pyrrole nitrogens is 2. The van der Waals surface area contributed by atoms with E-state index in [0.717, 1.165) is 11.3 Å². The average molecular weight is 398 g/mol. The number of hydrogen-bond acceptors (Lipinski definition) is 7. The topological polar surface area (TPSA) is 130 Å². The molecule has 4 heterocycles. The molecule has 4 aromatic heterocycles. The monoisotopic (exact) mass is 398 g/mol. The third-order valence-electron chi connectivity index (χ3n) is 4.52. The summed E-state index contributed by atoms with van der Waals surface area (Å²) in [7, 11) is 0. The zero-order valence-electron chi connectivity index (χ0n) is 15.5. The van der Waals surface area contributed by atoms with Crippen molar-refractivity contribution in [2.45, 2.75) is 6.42 Å². The van der Waals surface area contributed by atoms with E-state index in [4.69, 9.17) is 4.52 Å². The van der Waals surface area contributed by atoms with Crippen LogP contribution in [0.25, 0.3) is 33.7 Å². The lowest BCUT2D eigenvalue weighted by Gasteiger charge is -2.04. The molecule has 1 aromatic carbocycles.